The van der Waals surface area contributed by atoms with E-state index < -0.39 is 10.0 Å². The molecule has 172 valence electrons. The topological polar surface area (TPSA) is 95.8 Å². The molecule has 9 nitrogen and oxygen atoms in total. The molecule has 10 heteroatoms. The van der Waals surface area contributed by atoms with Gasteiger partial charge in [-0.3, -0.25) is 9.59 Å². The fraction of sp³-hybridized carbons (Fsp3) is 0.571. The molecule has 0 aliphatic heterocycles. The number of hydrogen-bond acceptors (Lipinski definition) is 5. The van der Waals surface area contributed by atoms with Crippen molar-refractivity contribution in [1.29, 1.82) is 0 Å². The first-order valence-electron chi connectivity index (χ1n) is 10.5. The molecule has 0 aliphatic carbocycles. The number of aromatic nitrogens is 2. The SMILES string of the molecule is CCN(CC)C(=O)CN(C)C(=O)CCc1nc2cc(S(=O)(=O)N(C)C)ccc2n1CC. The van der Waals surface area contributed by atoms with E-state index in [-0.39, 0.29) is 29.7 Å². The molecular weight excluding hydrogens is 418 g/mol. The molecule has 0 aliphatic rings. The summed E-state index contributed by atoms with van der Waals surface area (Å²) in [6, 6.07) is 4.90. The molecule has 0 spiro atoms. The van der Waals surface area contributed by atoms with Gasteiger partial charge in [0.1, 0.15) is 5.82 Å². The first-order chi connectivity index (χ1) is 14.6. The van der Waals surface area contributed by atoms with E-state index in [1.165, 1.54) is 23.3 Å². The summed E-state index contributed by atoms with van der Waals surface area (Å²) >= 11 is 0. The summed E-state index contributed by atoms with van der Waals surface area (Å²) in [6.45, 7) is 7.73. The van der Waals surface area contributed by atoms with Crippen LogP contribution in [0.3, 0.4) is 0 Å². The normalized spacial score (nSPS) is 11.8. The van der Waals surface area contributed by atoms with Crippen LogP contribution in [0.5, 0.6) is 0 Å². The van der Waals surface area contributed by atoms with E-state index in [4.69, 9.17) is 0 Å². The Morgan fingerprint density at radius 3 is 2.23 bits per heavy atom. The third kappa shape index (κ3) is 5.43. The number of imidazole rings is 1. The molecule has 2 rings (SSSR count). The maximum absolute atomic E-state index is 12.6. The number of sulfonamides is 1. The third-order valence-electron chi connectivity index (χ3n) is 5.37. The molecule has 1 aromatic carbocycles. The highest BCUT2D eigenvalue weighted by Gasteiger charge is 2.21. The summed E-state index contributed by atoms with van der Waals surface area (Å²) in [6.07, 6.45) is 0.620. The lowest BCUT2D eigenvalue weighted by molar-refractivity contribution is -0.139. The summed E-state index contributed by atoms with van der Waals surface area (Å²) in [5, 5.41) is 0. The van der Waals surface area contributed by atoms with Crippen LogP contribution in [-0.4, -0.2) is 84.7 Å². The molecule has 0 radical (unpaired) electrons. The van der Waals surface area contributed by atoms with Gasteiger partial charge in [-0.1, -0.05) is 0 Å². The van der Waals surface area contributed by atoms with Gasteiger partial charge >= 0.3 is 0 Å². The molecular formula is C21H33N5O4S. The highest BCUT2D eigenvalue weighted by Crippen LogP contribution is 2.23. The van der Waals surface area contributed by atoms with Gasteiger partial charge in [0, 0.05) is 53.6 Å². The van der Waals surface area contributed by atoms with Crippen LogP contribution in [0.25, 0.3) is 11.0 Å². The average molecular weight is 452 g/mol. The van der Waals surface area contributed by atoms with Crippen LogP contribution >= 0.6 is 0 Å². The number of aryl methyl sites for hydroxylation is 2. The molecule has 0 unspecified atom stereocenters. The average Bonchev–Trinajstić information content (AvgIpc) is 3.09. The third-order valence-corrected chi connectivity index (χ3v) is 7.18. The van der Waals surface area contributed by atoms with Gasteiger partial charge in [0.25, 0.3) is 0 Å². The van der Waals surface area contributed by atoms with Crippen LogP contribution in [0.4, 0.5) is 0 Å². The van der Waals surface area contributed by atoms with Crippen LogP contribution in [0.15, 0.2) is 23.1 Å². The molecule has 1 heterocycles. The molecule has 31 heavy (non-hydrogen) atoms. The van der Waals surface area contributed by atoms with Gasteiger partial charge in [-0.15, -0.1) is 0 Å². The minimum atomic E-state index is -3.55. The monoisotopic (exact) mass is 451 g/mol. The van der Waals surface area contributed by atoms with E-state index in [1.807, 2.05) is 25.3 Å². The molecule has 0 atom stereocenters. The maximum Gasteiger partial charge on any atom is 0.242 e. The van der Waals surface area contributed by atoms with E-state index in [9.17, 15) is 18.0 Å². The Morgan fingerprint density at radius 1 is 1.03 bits per heavy atom. The highest BCUT2D eigenvalue weighted by molar-refractivity contribution is 7.89. The minimum Gasteiger partial charge on any atom is -0.342 e. The Balaban J connectivity index is 2.17. The van der Waals surface area contributed by atoms with Crippen LogP contribution < -0.4 is 0 Å². The van der Waals surface area contributed by atoms with Gasteiger partial charge in [-0.25, -0.2) is 17.7 Å². The Bertz CT molecular complexity index is 1040. The van der Waals surface area contributed by atoms with Crippen LogP contribution in [0.2, 0.25) is 0 Å². The predicted octanol–water partition coefficient (Wildman–Crippen LogP) is 1.57. The van der Waals surface area contributed by atoms with Gasteiger partial charge < -0.3 is 14.4 Å². The Morgan fingerprint density at radius 2 is 1.68 bits per heavy atom. The number of hydrogen-bond donors (Lipinski definition) is 0. The van der Waals surface area contributed by atoms with Crippen molar-refractivity contribution in [3.8, 4) is 0 Å². The lowest BCUT2D eigenvalue weighted by Crippen LogP contribution is -2.41. The van der Waals surface area contributed by atoms with Crippen LogP contribution in [0.1, 0.15) is 33.0 Å². The summed E-state index contributed by atoms with van der Waals surface area (Å²) in [5.41, 5.74) is 1.41. The molecule has 1 aromatic heterocycles. The maximum atomic E-state index is 12.6. The second-order valence-electron chi connectivity index (χ2n) is 7.53. The summed E-state index contributed by atoms with van der Waals surface area (Å²) in [7, 11) is 1.06. The first kappa shape index (κ1) is 24.8. The van der Waals surface area contributed by atoms with Crippen molar-refractivity contribution >= 4 is 32.9 Å². The standard InChI is InChI=1S/C21H33N5O4S/c1-7-25(8-2)21(28)15-24(6)20(27)13-12-19-22-17-14-16(31(29,30)23(4)5)10-11-18(17)26(19)9-3/h10-11,14H,7-9,12-13,15H2,1-6H3. The lowest BCUT2D eigenvalue weighted by Gasteiger charge is -2.23. The zero-order chi connectivity index (χ0) is 23.3. The van der Waals surface area contributed by atoms with Crippen molar-refractivity contribution in [2.45, 2.75) is 45.1 Å². The number of fused-ring (bicyclic) bond motifs is 1. The van der Waals surface area contributed by atoms with Crippen molar-refractivity contribution in [2.24, 2.45) is 0 Å². The smallest absolute Gasteiger partial charge is 0.242 e. The number of carbonyl (C=O) groups is 2. The van der Waals surface area contributed by atoms with Gasteiger partial charge in [-0.2, -0.15) is 0 Å². The quantitative estimate of drug-likeness (QED) is 0.546. The van der Waals surface area contributed by atoms with Gasteiger partial charge in [0.15, 0.2) is 0 Å². The number of amides is 2. The zero-order valence-corrected chi connectivity index (χ0v) is 20.1. The number of nitrogens with zero attached hydrogens (tertiary/aromatic N) is 5. The Kier molecular flexibility index (Phi) is 8.19. The Labute approximate surface area is 184 Å². The summed E-state index contributed by atoms with van der Waals surface area (Å²) < 4.78 is 28.0. The first-order valence-corrected chi connectivity index (χ1v) is 11.9. The fourth-order valence-electron chi connectivity index (χ4n) is 3.45. The fourth-order valence-corrected chi connectivity index (χ4v) is 4.37. The molecule has 2 aromatic rings. The summed E-state index contributed by atoms with van der Waals surface area (Å²) in [5.74, 6) is 0.510. The predicted molar refractivity (Wildman–Crippen MR) is 120 cm³/mol. The zero-order valence-electron chi connectivity index (χ0n) is 19.3. The highest BCUT2D eigenvalue weighted by atomic mass is 32.2. The Hall–Kier alpha value is -2.46. The molecule has 0 N–H and O–H groups in total. The van der Waals surface area contributed by atoms with Crippen molar-refractivity contribution in [3.05, 3.63) is 24.0 Å². The largest absolute Gasteiger partial charge is 0.342 e. The van der Waals surface area contributed by atoms with Crippen molar-refractivity contribution in [2.75, 3.05) is 40.8 Å². The van der Waals surface area contributed by atoms with E-state index in [1.54, 1.807) is 30.1 Å². The van der Waals surface area contributed by atoms with E-state index >= 15 is 0 Å². The molecule has 0 saturated carbocycles. The number of likely N-dealkylation sites (N-methyl/N-ethyl adjacent to an activating group) is 2. The molecule has 0 saturated heterocycles. The number of benzene rings is 1. The van der Waals surface area contributed by atoms with Gasteiger partial charge in [0.2, 0.25) is 21.8 Å². The van der Waals surface area contributed by atoms with Crippen molar-refractivity contribution in [3.63, 3.8) is 0 Å². The van der Waals surface area contributed by atoms with Crippen molar-refractivity contribution in [1.82, 2.24) is 23.7 Å². The van der Waals surface area contributed by atoms with E-state index in [0.29, 0.717) is 37.4 Å². The van der Waals surface area contributed by atoms with E-state index in [2.05, 4.69) is 4.98 Å². The number of carbonyl (C=O) groups excluding carboxylic acids is 2. The van der Waals surface area contributed by atoms with Crippen LogP contribution in [-0.2, 0) is 32.6 Å². The van der Waals surface area contributed by atoms with Gasteiger partial charge in [0.05, 0.1) is 22.5 Å². The van der Waals surface area contributed by atoms with Crippen molar-refractivity contribution < 1.29 is 18.0 Å². The van der Waals surface area contributed by atoms with E-state index in [0.717, 1.165) is 5.52 Å². The van der Waals surface area contributed by atoms with Gasteiger partial charge in [-0.05, 0) is 39.0 Å². The minimum absolute atomic E-state index is 0.0520. The lowest BCUT2D eigenvalue weighted by atomic mass is 10.2. The summed E-state index contributed by atoms with van der Waals surface area (Å²) in [4.78, 5) is 32.7. The van der Waals surface area contributed by atoms with Crippen LogP contribution in [0, 0.1) is 0 Å². The molecule has 0 bridgehead atoms. The second kappa shape index (κ2) is 10.2. The number of rotatable bonds is 10. The molecule has 2 amide bonds. The molecule has 0 fully saturated rings. The second-order valence-corrected chi connectivity index (χ2v) is 9.68.